The standard InChI is InChI=1S/C13H20N2O4/c1-13(2,12(17)18)15-7-5-6-10(11(15)16)19-9-8-14(3)4/h5-7H,8-9H2,1-4H3,(H,17,18). The van der Waals surface area contributed by atoms with Gasteiger partial charge in [0.15, 0.2) is 5.75 Å². The summed E-state index contributed by atoms with van der Waals surface area (Å²) in [7, 11) is 3.81. The highest BCUT2D eigenvalue weighted by Gasteiger charge is 2.30. The fourth-order valence-corrected chi connectivity index (χ4v) is 1.47. The maximum atomic E-state index is 12.2. The van der Waals surface area contributed by atoms with Gasteiger partial charge in [-0.1, -0.05) is 0 Å². The molecular formula is C13H20N2O4. The molecule has 0 spiro atoms. The summed E-state index contributed by atoms with van der Waals surface area (Å²) >= 11 is 0. The third-order valence-electron chi connectivity index (χ3n) is 2.83. The SMILES string of the molecule is CN(C)CCOc1cccn(C(C)(C)C(=O)O)c1=O. The van der Waals surface area contributed by atoms with Crippen molar-refractivity contribution in [3.63, 3.8) is 0 Å². The minimum absolute atomic E-state index is 0.165. The van der Waals surface area contributed by atoms with Crippen LogP contribution in [-0.2, 0) is 10.3 Å². The Balaban J connectivity index is 2.99. The number of aliphatic carboxylic acids is 1. The number of carboxylic acids is 1. The van der Waals surface area contributed by atoms with Gasteiger partial charge in [-0.3, -0.25) is 9.36 Å². The van der Waals surface area contributed by atoms with Crippen molar-refractivity contribution >= 4 is 5.97 Å². The molecule has 106 valence electrons. The Morgan fingerprint density at radius 2 is 2.11 bits per heavy atom. The lowest BCUT2D eigenvalue weighted by Crippen LogP contribution is -2.42. The van der Waals surface area contributed by atoms with Crippen LogP contribution in [0, 0.1) is 0 Å². The molecule has 1 rings (SSSR count). The zero-order valence-electron chi connectivity index (χ0n) is 11.7. The molecule has 6 nitrogen and oxygen atoms in total. The van der Waals surface area contributed by atoms with Crippen LogP contribution >= 0.6 is 0 Å². The van der Waals surface area contributed by atoms with E-state index in [4.69, 9.17) is 9.84 Å². The Kier molecular flexibility index (Phi) is 4.72. The van der Waals surface area contributed by atoms with Crippen molar-refractivity contribution in [3.8, 4) is 5.75 Å². The Morgan fingerprint density at radius 3 is 2.63 bits per heavy atom. The van der Waals surface area contributed by atoms with Gasteiger partial charge >= 0.3 is 5.97 Å². The highest BCUT2D eigenvalue weighted by Crippen LogP contribution is 2.14. The molecule has 0 atom stereocenters. The molecule has 0 aromatic carbocycles. The summed E-state index contributed by atoms with van der Waals surface area (Å²) in [5.41, 5.74) is -1.74. The highest BCUT2D eigenvalue weighted by atomic mass is 16.5. The average Bonchev–Trinajstić information content (AvgIpc) is 2.30. The molecule has 1 N–H and O–H groups in total. The Hall–Kier alpha value is -1.82. The number of ether oxygens (including phenoxy) is 1. The third-order valence-corrected chi connectivity index (χ3v) is 2.83. The van der Waals surface area contributed by atoms with Crippen molar-refractivity contribution in [2.75, 3.05) is 27.2 Å². The molecule has 1 aromatic heterocycles. The Morgan fingerprint density at radius 1 is 1.47 bits per heavy atom. The summed E-state index contributed by atoms with van der Waals surface area (Å²) in [6.07, 6.45) is 1.45. The van der Waals surface area contributed by atoms with Crippen LogP contribution in [0.4, 0.5) is 0 Å². The second-order valence-electron chi connectivity index (χ2n) is 5.06. The first-order valence-electron chi connectivity index (χ1n) is 6.00. The number of carbonyl (C=O) groups is 1. The van der Waals surface area contributed by atoms with E-state index >= 15 is 0 Å². The molecule has 0 bridgehead atoms. The fraction of sp³-hybridized carbons (Fsp3) is 0.538. The Labute approximate surface area is 112 Å². The number of rotatable bonds is 6. The van der Waals surface area contributed by atoms with Crippen LogP contribution < -0.4 is 10.3 Å². The lowest BCUT2D eigenvalue weighted by atomic mass is 10.1. The lowest BCUT2D eigenvalue weighted by Gasteiger charge is -2.23. The number of nitrogens with zero attached hydrogens (tertiary/aromatic N) is 2. The van der Waals surface area contributed by atoms with Gasteiger partial charge in [0.1, 0.15) is 12.1 Å². The molecule has 0 saturated carbocycles. The molecule has 1 heterocycles. The summed E-state index contributed by atoms with van der Waals surface area (Å²) in [5.74, 6) is -0.904. The smallest absolute Gasteiger partial charge is 0.329 e. The normalized spacial score (nSPS) is 11.6. The lowest BCUT2D eigenvalue weighted by molar-refractivity contribution is -0.145. The minimum atomic E-state index is -1.31. The van der Waals surface area contributed by atoms with E-state index in [2.05, 4.69) is 0 Å². The van der Waals surface area contributed by atoms with Gasteiger partial charge in [-0.2, -0.15) is 0 Å². The summed E-state index contributed by atoms with van der Waals surface area (Å²) < 4.78 is 6.56. The van der Waals surface area contributed by atoms with Gasteiger partial charge in [-0.05, 0) is 40.1 Å². The van der Waals surface area contributed by atoms with Crippen molar-refractivity contribution in [1.82, 2.24) is 9.47 Å². The second-order valence-corrected chi connectivity index (χ2v) is 5.06. The first-order chi connectivity index (χ1) is 8.76. The molecular weight excluding hydrogens is 248 g/mol. The molecule has 0 amide bonds. The second kappa shape index (κ2) is 5.88. The van der Waals surface area contributed by atoms with Crippen molar-refractivity contribution in [1.29, 1.82) is 0 Å². The van der Waals surface area contributed by atoms with Crippen LogP contribution in [-0.4, -0.2) is 47.8 Å². The van der Waals surface area contributed by atoms with Crippen molar-refractivity contribution in [2.24, 2.45) is 0 Å². The largest absolute Gasteiger partial charge is 0.487 e. The van der Waals surface area contributed by atoms with E-state index in [0.29, 0.717) is 13.2 Å². The van der Waals surface area contributed by atoms with E-state index in [1.807, 2.05) is 19.0 Å². The van der Waals surface area contributed by atoms with E-state index in [9.17, 15) is 9.59 Å². The number of aromatic nitrogens is 1. The van der Waals surface area contributed by atoms with Gasteiger partial charge in [0.05, 0.1) is 0 Å². The maximum absolute atomic E-state index is 12.2. The molecule has 0 radical (unpaired) electrons. The number of pyridine rings is 1. The van der Waals surface area contributed by atoms with Gasteiger partial charge in [-0.25, -0.2) is 4.79 Å². The zero-order chi connectivity index (χ0) is 14.6. The molecule has 0 unspecified atom stereocenters. The topological polar surface area (TPSA) is 71.8 Å². The predicted octanol–water partition coefficient (Wildman–Crippen LogP) is 0.608. The predicted molar refractivity (Wildman–Crippen MR) is 71.7 cm³/mol. The molecule has 0 fully saturated rings. The van der Waals surface area contributed by atoms with E-state index in [-0.39, 0.29) is 5.75 Å². The van der Waals surface area contributed by atoms with E-state index in [1.54, 1.807) is 12.1 Å². The van der Waals surface area contributed by atoms with E-state index in [0.717, 1.165) is 0 Å². The monoisotopic (exact) mass is 268 g/mol. The van der Waals surface area contributed by atoms with Crippen LogP contribution in [0.15, 0.2) is 23.1 Å². The van der Waals surface area contributed by atoms with Crippen LogP contribution in [0.5, 0.6) is 5.75 Å². The van der Waals surface area contributed by atoms with E-state index < -0.39 is 17.1 Å². The third kappa shape index (κ3) is 3.57. The van der Waals surface area contributed by atoms with Crippen LogP contribution in [0.1, 0.15) is 13.8 Å². The minimum Gasteiger partial charge on any atom is -0.487 e. The van der Waals surface area contributed by atoms with Crippen LogP contribution in [0.25, 0.3) is 0 Å². The fourth-order valence-electron chi connectivity index (χ4n) is 1.47. The van der Waals surface area contributed by atoms with Gasteiger partial charge < -0.3 is 14.7 Å². The molecule has 0 aliphatic heterocycles. The van der Waals surface area contributed by atoms with Crippen molar-refractivity contribution < 1.29 is 14.6 Å². The summed E-state index contributed by atoms with van der Waals surface area (Å²) in [4.78, 5) is 25.3. The molecule has 0 saturated heterocycles. The van der Waals surface area contributed by atoms with Gasteiger partial charge in [0.2, 0.25) is 0 Å². The van der Waals surface area contributed by atoms with Crippen LogP contribution in [0.2, 0.25) is 0 Å². The Bertz CT molecular complexity index is 506. The summed E-state index contributed by atoms with van der Waals surface area (Å²) in [5, 5.41) is 9.15. The van der Waals surface area contributed by atoms with Gasteiger partial charge in [-0.15, -0.1) is 0 Å². The van der Waals surface area contributed by atoms with Crippen molar-refractivity contribution in [2.45, 2.75) is 19.4 Å². The first-order valence-corrected chi connectivity index (χ1v) is 6.00. The molecule has 0 aliphatic rings. The average molecular weight is 268 g/mol. The van der Waals surface area contributed by atoms with Gasteiger partial charge in [0.25, 0.3) is 5.56 Å². The number of likely N-dealkylation sites (N-methyl/N-ethyl adjacent to an activating group) is 1. The molecule has 0 aliphatic carbocycles. The number of carboxylic acid groups (broad SMARTS) is 1. The molecule has 1 aromatic rings. The van der Waals surface area contributed by atoms with Gasteiger partial charge in [0, 0.05) is 12.7 Å². The number of hydrogen-bond acceptors (Lipinski definition) is 4. The van der Waals surface area contributed by atoms with E-state index in [1.165, 1.54) is 24.6 Å². The highest BCUT2D eigenvalue weighted by molar-refractivity contribution is 5.75. The number of hydrogen-bond donors (Lipinski definition) is 1. The molecule has 19 heavy (non-hydrogen) atoms. The molecule has 6 heteroatoms. The van der Waals surface area contributed by atoms with Crippen molar-refractivity contribution in [3.05, 3.63) is 28.7 Å². The quantitative estimate of drug-likeness (QED) is 0.818. The van der Waals surface area contributed by atoms with Crippen LogP contribution in [0.3, 0.4) is 0 Å². The zero-order valence-corrected chi connectivity index (χ0v) is 11.7. The first kappa shape index (κ1) is 15.2. The maximum Gasteiger partial charge on any atom is 0.329 e. The summed E-state index contributed by atoms with van der Waals surface area (Å²) in [6.45, 7) is 4.00. The summed E-state index contributed by atoms with van der Waals surface area (Å²) in [6, 6.07) is 3.16.